The highest BCUT2D eigenvalue weighted by Gasteiger charge is 2.24. The molecular weight excluding hydrogens is 214 g/mol. The van der Waals surface area contributed by atoms with Gasteiger partial charge < -0.3 is 20.4 Å². The van der Waals surface area contributed by atoms with Crippen molar-refractivity contribution in [1.82, 2.24) is 15.3 Å². The maximum absolute atomic E-state index is 11.5. The molecule has 0 bridgehead atoms. The summed E-state index contributed by atoms with van der Waals surface area (Å²) in [5.74, 6) is -1.98. The highest BCUT2D eigenvalue weighted by atomic mass is 16.4. The van der Waals surface area contributed by atoms with Gasteiger partial charge in [-0.3, -0.25) is 4.79 Å². The third kappa shape index (κ3) is 2.72. The maximum atomic E-state index is 11.5. The molecule has 88 valence electrons. The lowest BCUT2D eigenvalue weighted by Crippen LogP contribution is -2.44. The Kier molecular flexibility index (Phi) is 3.49. The van der Waals surface area contributed by atoms with Gasteiger partial charge >= 0.3 is 11.7 Å². The van der Waals surface area contributed by atoms with Gasteiger partial charge in [-0.05, 0) is 5.92 Å². The van der Waals surface area contributed by atoms with Crippen LogP contribution in [0.3, 0.4) is 0 Å². The largest absolute Gasteiger partial charge is 0.480 e. The van der Waals surface area contributed by atoms with E-state index in [9.17, 15) is 14.4 Å². The van der Waals surface area contributed by atoms with Crippen molar-refractivity contribution >= 4 is 11.9 Å². The van der Waals surface area contributed by atoms with Gasteiger partial charge in [0, 0.05) is 6.20 Å². The number of H-pyrrole nitrogens is 2. The van der Waals surface area contributed by atoms with E-state index in [0.717, 1.165) is 0 Å². The van der Waals surface area contributed by atoms with E-state index in [0.29, 0.717) is 0 Å². The van der Waals surface area contributed by atoms with Gasteiger partial charge in [-0.2, -0.15) is 0 Å². The number of nitrogens with one attached hydrogen (secondary N) is 3. The fourth-order valence-corrected chi connectivity index (χ4v) is 1.19. The predicted octanol–water partition coefficient (Wildman–Crippen LogP) is -0.458. The summed E-state index contributed by atoms with van der Waals surface area (Å²) in [4.78, 5) is 37.6. The molecule has 0 fully saturated rings. The summed E-state index contributed by atoms with van der Waals surface area (Å²) in [6.45, 7) is 3.36. The summed E-state index contributed by atoms with van der Waals surface area (Å²) in [5.41, 5.74) is -0.501. The Labute approximate surface area is 90.9 Å². The summed E-state index contributed by atoms with van der Waals surface area (Å²) in [7, 11) is 0. The van der Waals surface area contributed by atoms with Crippen LogP contribution in [0.15, 0.2) is 11.0 Å². The van der Waals surface area contributed by atoms with Crippen LogP contribution in [0.1, 0.15) is 24.3 Å². The molecule has 1 aromatic rings. The molecule has 0 saturated carbocycles. The zero-order valence-electron chi connectivity index (χ0n) is 8.90. The van der Waals surface area contributed by atoms with Crippen molar-refractivity contribution in [2.75, 3.05) is 0 Å². The Hall–Kier alpha value is -2.05. The Balaban J connectivity index is 2.76. The molecule has 7 nitrogen and oxygen atoms in total. The monoisotopic (exact) mass is 227 g/mol. The summed E-state index contributed by atoms with van der Waals surface area (Å²) in [6.07, 6.45) is 1.19. The summed E-state index contributed by atoms with van der Waals surface area (Å²) >= 11 is 0. The number of carbonyl (C=O) groups is 2. The number of carboxylic acid groups (broad SMARTS) is 1. The minimum Gasteiger partial charge on any atom is -0.480 e. The van der Waals surface area contributed by atoms with Crippen LogP contribution >= 0.6 is 0 Å². The molecular formula is C9H13N3O4. The first-order chi connectivity index (χ1) is 7.41. The van der Waals surface area contributed by atoms with Gasteiger partial charge in [-0.25, -0.2) is 9.59 Å². The number of aromatic nitrogens is 2. The zero-order valence-corrected chi connectivity index (χ0v) is 8.90. The van der Waals surface area contributed by atoms with Crippen molar-refractivity contribution in [1.29, 1.82) is 0 Å². The van der Waals surface area contributed by atoms with Crippen LogP contribution in [-0.4, -0.2) is 33.0 Å². The number of hydrogen-bond acceptors (Lipinski definition) is 3. The third-order valence-electron chi connectivity index (χ3n) is 2.06. The van der Waals surface area contributed by atoms with Gasteiger partial charge in [0.1, 0.15) is 11.7 Å². The first-order valence-corrected chi connectivity index (χ1v) is 4.73. The number of carboxylic acids is 1. The number of aliphatic carboxylic acids is 1. The molecule has 0 unspecified atom stereocenters. The molecule has 1 rings (SSSR count). The van der Waals surface area contributed by atoms with Crippen LogP contribution in [0, 0.1) is 5.92 Å². The van der Waals surface area contributed by atoms with Crippen molar-refractivity contribution in [2.45, 2.75) is 19.9 Å². The summed E-state index contributed by atoms with van der Waals surface area (Å²) in [6, 6.07) is -0.981. The SMILES string of the molecule is CC(C)[C@@H](NC(=O)c1c[nH]c(=O)[nH]1)C(=O)O. The lowest BCUT2D eigenvalue weighted by molar-refractivity contribution is -0.140. The van der Waals surface area contributed by atoms with Gasteiger partial charge in [-0.15, -0.1) is 0 Å². The number of aromatic amines is 2. The van der Waals surface area contributed by atoms with Crippen molar-refractivity contribution in [3.63, 3.8) is 0 Å². The average molecular weight is 227 g/mol. The number of hydrogen-bond donors (Lipinski definition) is 4. The van der Waals surface area contributed by atoms with E-state index in [-0.39, 0.29) is 11.6 Å². The normalized spacial score (nSPS) is 12.4. The van der Waals surface area contributed by atoms with Crippen molar-refractivity contribution in [3.05, 3.63) is 22.4 Å². The van der Waals surface area contributed by atoms with Crippen LogP contribution in [0.4, 0.5) is 0 Å². The topological polar surface area (TPSA) is 115 Å². The second-order valence-electron chi connectivity index (χ2n) is 3.69. The molecule has 0 aromatic carbocycles. The molecule has 0 aliphatic heterocycles. The molecule has 0 saturated heterocycles. The van der Waals surface area contributed by atoms with Crippen molar-refractivity contribution in [3.8, 4) is 0 Å². The highest BCUT2D eigenvalue weighted by molar-refractivity contribution is 5.94. The van der Waals surface area contributed by atoms with Gasteiger partial charge in [0.25, 0.3) is 5.91 Å². The number of rotatable bonds is 4. The first-order valence-electron chi connectivity index (χ1n) is 4.73. The molecule has 7 heteroatoms. The molecule has 0 spiro atoms. The van der Waals surface area contributed by atoms with Gasteiger partial charge in [0.05, 0.1) is 0 Å². The second kappa shape index (κ2) is 4.65. The van der Waals surface area contributed by atoms with Crippen LogP contribution < -0.4 is 11.0 Å². The number of imidazole rings is 1. The lowest BCUT2D eigenvalue weighted by Gasteiger charge is -2.17. The molecule has 1 amide bonds. The molecule has 0 aliphatic carbocycles. The molecule has 16 heavy (non-hydrogen) atoms. The first kappa shape index (κ1) is 12.0. The van der Waals surface area contributed by atoms with Crippen LogP contribution in [0.5, 0.6) is 0 Å². The quantitative estimate of drug-likeness (QED) is 0.557. The van der Waals surface area contributed by atoms with Crippen LogP contribution in [0.2, 0.25) is 0 Å². The summed E-state index contributed by atoms with van der Waals surface area (Å²) in [5, 5.41) is 11.2. The minimum atomic E-state index is -1.11. The van der Waals surface area contributed by atoms with E-state index >= 15 is 0 Å². The van der Waals surface area contributed by atoms with Gasteiger partial charge in [-0.1, -0.05) is 13.8 Å². The van der Waals surface area contributed by atoms with Crippen molar-refractivity contribution < 1.29 is 14.7 Å². The zero-order chi connectivity index (χ0) is 12.3. The fraction of sp³-hybridized carbons (Fsp3) is 0.444. The molecule has 0 aliphatic rings. The Morgan fingerprint density at radius 3 is 2.44 bits per heavy atom. The highest BCUT2D eigenvalue weighted by Crippen LogP contribution is 2.02. The summed E-state index contributed by atoms with van der Waals surface area (Å²) < 4.78 is 0. The van der Waals surface area contributed by atoms with Gasteiger partial charge in [0.15, 0.2) is 0 Å². The Morgan fingerprint density at radius 2 is 2.06 bits per heavy atom. The predicted molar refractivity (Wildman–Crippen MR) is 55.1 cm³/mol. The lowest BCUT2D eigenvalue weighted by atomic mass is 10.0. The maximum Gasteiger partial charge on any atom is 0.326 e. The molecule has 0 radical (unpaired) electrons. The smallest absolute Gasteiger partial charge is 0.326 e. The Bertz CT molecular complexity index is 446. The molecule has 4 N–H and O–H groups in total. The van der Waals surface area contributed by atoms with E-state index in [4.69, 9.17) is 5.11 Å². The second-order valence-corrected chi connectivity index (χ2v) is 3.69. The van der Waals surface area contributed by atoms with E-state index in [1.54, 1.807) is 13.8 Å². The third-order valence-corrected chi connectivity index (χ3v) is 2.06. The molecule has 1 atom stereocenters. The molecule has 1 heterocycles. The Morgan fingerprint density at radius 1 is 1.44 bits per heavy atom. The van der Waals surface area contributed by atoms with E-state index < -0.39 is 23.6 Å². The number of amides is 1. The fourth-order valence-electron chi connectivity index (χ4n) is 1.19. The van der Waals surface area contributed by atoms with Crippen LogP contribution in [0.25, 0.3) is 0 Å². The van der Waals surface area contributed by atoms with E-state index in [2.05, 4.69) is 15.3 Å². The molecule has 1 aromatic heterocycles. The van der Waals surface area contributed by atoms with Crippen LogP contribution in [-0.2, 0) is 4.79 Å². The van der Waals surface area contributed by atoms with Gasteiger partial charge in [0.2, 0.25) is 0 Å². The average Bonchev–Trinajstić information content (AvgIpc) is 2.59. The van der Waals surface area contributed by atoms with E-state index in [1.165, 1.54) is 6.20 Å². The minimum absolute atomic E-state index is 0.0110. The number of carbonyl (C=O) groups excluding carboxylic acids is 1. The van der Waals surface area contributed by atoms with E-state index in [1.807, 2.05) is 0 Å². The van der Waals surface area contributed by atoms with Crippen molar-refractivity contribution in [2.24, 2.45) is 5.92 Å². The standard InChI is InChI=1S/C9H13N3O4/c1-4(2)6(8(14)15)12-7(13)5-3-10-9(16)11-5/h3-4,6H,1-2H3,(H,12,13)(H,14,15)(H2,10,11,16)/t6-/m1/s1.